The molecule has 120 valence electrons. The van der Waals surface area contributed by atoms with Crippen molar-refractivity contribution in [2.45, 2.75) is 42.7 Å². The molecule has 0 radical (unpaired) electrons. The number of ether oxygens (including phenoxy) is 1. The predicted octanol–water partition coefficient (Wildman–Crippen LogP) is 2.79. The molecule has 1 aliphatic carbocycles. The lowest BCUT2D eigenvalue weighted by Gasteiger charge is -2.23. The Balaban J connectivity index is 1.52. The summed E-state index contributed by atoms with van der Waals surface area (Å²) in [5.74, 6) is 1.01. The molecular weight excluding hydrogens is 296 g/mol. The molecule has 5 heteroatoms. The molecule has 0 unspecified atom stereocenters. The topological polar surface area (TPSA) is 50.4 Å². The van der Waals surface area contributed by atoms with Crippen LogP contribution in [0.4, 0.5) is 5.69 Å². The van der Waals surface area contributed by atoms with Crippen LogP contribution in [-0.2, 0) is 15.3 Å². The molecule has 1 aromatic carbocycles. The maximum Gasteiger partial charge on any atom is 0.243 e. The smallest absolute Gasteiger partial charge is 0.243 e. The summed E-state index contributed by atoms with van der Waals surface area (Å²) in [7, 11) is 0. The van der Waals surface area contributed by atoms with Gasteiger partial charge in [0.2, 0.25) is 5.91 Å². The number of anilines is 1. The van der Waals surface area contributed by atoms with Gasteiger partial charge in [-0.1, -0.05) is 25.0 Å². The Hall–Kier alpha value is -1.04. The van der Waals surface area contributed by atoms with E-state index in [-0.39, 0.29) is 11.9 Å². The van der Waals surface area contributed by atoms with E-state index >= 15 is 0 Å². The molecule has 0 aromatic heterocycles. The lowest BCUT2D eigenvalue weighted by molar-refractivity contribution is -0.120. The van der Waals surface area contributed by atoms with Gasteiger partial charge in [-0.25, -0.2) is 0 Å². The van der Waals surface area contributed by atoms with Gasteiger partial charge in [-0.05, 0) is 30.5 Å². The molecule has 1 aromatic rings. The predicted molar refractivity (Wildman–Crippen MR) is 91.2 cm³/mol. The monoisotopic (exact) mass is 320 g/mol. The zero-order valence-corrected chi connectivity index (χ0v) is 13.7. The Labute approximate surface area is 136 Å². The van der Waals surface area contributed by atoms with Crippen LogP contribution in [0.1, 0.15) is 31.2 Å². The highest BCUT2D eigenvalue weighted by molar-refractivity contribution is 7.99. The van der Waals surface area contributed by atoms with Gasteiger partial charge >= 0.3 is 0 Å². The molecular formula is C17H24N2O2S. The van der Waals surface area contributed by atoms with Crippen molar-refractivity contribution in [2.24, 2.45) is 0 Å². The first-order valence-electron chi connectivity index (χ1n) is 8.14. The maximum atomic E-state index is 12.2. The number of benzene rings is 1. The van der Waals surface area contributed by atoms with Gasteiger partial charge in [-0.15, -0.1) is 0 Å². The molecule has 4 nitrogen and oxygen atoms in total. The maximum absolute atomic E-state index is 12.2. The van der Waals surface area contributed by atoms with E-state index < -0.39 is 0 Å². The molecule has 2 fully saturated rings. The standard InChI is InChI=1S/C17H24N2O2S/c20-17(16-11-21-9-8-18-16)19-14-5-3-4-13(10-14)12-22-15-6-1-2-7-15/h3-5,10,15-16,18H,1-2,6-9,11-12H2,(H,19,20)/t16-/m0/s1. The fourth-order valence-corrected chi connectivity index (χ4v) is 4.25. The molecule has 0 spiro atoms. The van der Waals surface area contributed by atoms with Crippen LogP contribution < -0.4 is 10.6 Å². The molecule has 2 aliphatic rings. The zero-order valence-electron chi connectivity index (χ0n) is 12.8. The van der Waals surface area contributed by atoms with Crippen molar-refractivity contribution in [1.29, 1.82) is 0 Å². The Bertz CT molecular complexity index is 497. The fraction of sp³-hybridized carbons (Fsp3) is 0.588. The third-order valence-corrected chi connectivity index (χ3v) is 5.66. The second-order valence-corrected chi connectivity index (χ2v) is 7.28. The Morgan fingerprint density at radius 1 is 1.36 bits per heavy atom. The normalized spacial score (nSPS) is 22.6. The van der Waals surface area contributed by atoms with Gasteiger partial charge in [0.25, 0.3) is 0 Å². The first-order valence-corrected chi connectivity index (χ1v) is 9.19. The van der Waals surface area contributed by atoms with Crippen LogP contribution in [0.3, 0.4) is 0 Å². The molecule has 1 saturated carbocycles. The largest absolute Gasteiger partial charge is 0.378 e. The summed E-state index contributed by atoms with van der Waals surface area (Å²) in [4.78, 5) is 12.2. The third kappa shape index (κ3) is 4.48. The van der Waals surface area contributed by atoms with Gasteiger partial charge in [-0.3, -0.25) is 4.79 Å². The van der Waals surface area contributed by atoms with Gasteiger partial charge in [0, 0.05) is 23.2 Å². The molecule has 1 atom stereocenters. The van der Waals surface area contributed by atoms with E-state index in [1.807, 2.05) is 23.9 Å². The molecule has 2 N–H and O–H groups in total. The van der Waals surface area contributed by atoms with E-state index in [1.165, 1.54) is 31.2 Å². The highest BCUT2D eigenvalue weighted by Crippen LogP contribution is 2.31. The quantitative estimate of drug-likeness (QED) is 0.876. The Morgan fingerprint density at radius 2 is 2.23 bits per heavy atom. The summed E-state index contributed by atoms with van der Waals surface area (Å²) in [5, 5.41) is 6.99. The fourth-order valence-electron chi connectivity index (χ4n) is 2.97. The van der Waals surface area contributed by atoms with Gasteiger partial charge in [0.15, 0.2) is 0 Å². The zero-order chi connectivity index (χ0) is 15.2. The number of nitrogens with one attached hydrogen (secondary N) is 2. The Morgan fingerprint density at radius 3 is 3.00 bits per heavy atom. The lowest BCUT2D eigenvalue weighted by Crippen LogP contribution is -2.48. The summed E-state index contributed by atoms with van der Waals surface area (Å²) in [6.45, 7) is 1.86. The lowest BCUT2D eigenvalue weighted by atomic mass is 10.2. The van der Waals surface area contributed by atoms with E-state index in [2.05, 4.69) is 22.8 Å². The van der Waals surface area contributed by atoms with Crippen molar-refractivity contribution in [3.63, 3.8) is 0 Å². The number of amides is 1. The van der Waals surface area contributed by atoms with E-state index in [4.69, 9.17) is 4.74 Å². The number of carbonyl (C=O) groups is 1. The van der Waals surface area contributed by atoms with Crippen LogP contribution in [0.25, 0.3) is 0 Å². The Kier molecular flexibility index (Phi) is 5.76. The summed E-state index contributed by atoms with van der Waals surface area (Å²) >= 11 is 2.05. The van der Waals surface area contributed by atoms with Crippen LogP contribution in [0.15, 0.2) is 24.3 Å². The molecule has 0 bridgehead atoms. The minimum atomic E-state index is -0.245. The van der Waals surface area contributed by atoms with Crippen molar-refractivity contribution in [2.75, 3.05) is 25.1 Å². The molecule has 1 aliphatic heterocycles. The summed E-state index contributed by atoms with van der Waals surface area (Å²) in [6.07, 6.45) is 5.47. The third-order valence-electron chi connectivity index (χ3n) is 4.22. The van der Waals surface area contributed by atoms with Gasteiger partial charge < -0.3 is 15.4 Å². The molecule has 22 heavy (non-hydrogen) atoms. The van der Waals surface area contributed by atoms with Gasteiger partial charge in [-0.2, -0.15) is 11.8 Å². The second-order valence-electron chi connectivity index (χ2n) is 5.99. The number of rotatable bonds is 5. The summed E-state index contributed by atoms with van der Waals surface area (Å²) in [5.41, 5.74) is 2.16. The summed E-state index contributed by atoms with van der Waals surface area (Å²) < 4.78 is 5.33. The number of carbonyl (C=O) groups excluding carboxylic acids is 1. The molecule has 1 heterocycles. The van der Waals surface area contributed by atoms with Crippen LogP contribution in [0.5, 0.6) is 0 Å². The minimum absolute atomic E-state index is 0.0136. The molecule has 3 rings (SSSR count). The van der Waals surface area contributed by atoms with Crippen LogP contribution >= 0.6 is 11.8 Å². The van der Waals surface area contributed by atoms with Crippen molar-refractivity contribution in [1.82, 2.24) is 5.32 Å². The highest BCUT2D eigenvalue weighted by Gasteiger charge is 2.21. The van der Waals surface area contributed by atoms with Gasteiger partial charge in [0.05, 0.1) is 13.2 Å². The van der Waals surface area contributed by atoms with Crippen molar-refractivity contribution >= 4 is 23.4 Å². The highest BCUT2D eigenvalue weighted by atomic mass is 32.2. The number of hydrogen-bond acceptors (Lipinski definition) is 4. The van der Waals surface area contributed by atoms with Crippen molar-refractivity contribution in [3.8, 4) is 0 Å². The number of morpholine rings is 1. The van der Waals surface area contributed by atoms with E-state index in [9.17, 15) is 4.79 Å². The van der Waals surface area contributed by atoms with Crippen molar-refractivity contribution < 1.29 is 9.53 Å². The summed E-state index contributed by atoms with van der Waals surface area (Å²) in [6, 6.07) is 7.95. The van der Waals surface area contributed by atoms with E-state index in [0.29, 0.717) is 13.2 Å². The van der Waals surface area contributed by atoms with Crippen molar-refractivity contribution in [3.05, 3.63) is 29.8 Å². The SMILES string of the molecule is O=C(Nc1cccc(CSC2CCCC2)c1)[C@@H]1COCCN1. The van der Waals surface area contributed by atoms with Crippen LogP contribution in [-0.4, -0.2) is 37.0 Å². The molecule has 1 saturated heterocycles. The first-order chi connectivity index (χ1) is 10.8. The number of hydrogen-bond donors (Lipinski definition) is 2. The average Bonchev–Trinajstić information content (AvgIpc) is 3.08. The van der Waals surface area contributed by atoms with E-state index in [1.54, 1.807) is 0 Å². The van der Waals surface area contributed by atoms with Gasteiger partial charge in [0.1, 0.15) is 6.04 Å². The second kappa shape index (κ2) is 7.99. The van der Waals surface area contributed by atoms with Crippen LogP contribution in [0, 0.1) is 0 Å². The number of thioether (sulfide) groups is 1. The average molecular weight is 320 g/mol. The first kappa shape index (κ1) is 15.8. The van der Waals surface area contributed by atoms with E-state index in [0.717, 1.165) is 23.2 Å². The minimum Gasteiger partial charge on any atom is -0.378 e. The van der Waals surface area contributed by atoms with Crippen LogP contribution in [0.2, 0.25) is 0 Å². The molecule has 1 amide bonds.